The predicted molar refractivity (Wildman–Crippen MR) is 129 cm³/mol. The van der Waals surface area contributed by atoms with Crippen LogP contribution in [-0.4, -0.2) is 38.1 Å². The molecule has 1 unspecified atom stereocenters. The molecule has 4 heterocycles. The molecule has 7 nitrogen and oxygen atoms in total. The minimum Gasteiger partial charge on any atom is -0.497 e. The van der Waals surface area contributed by atoms with Crippen molar-refractivity contribution in [3.63, 3.8) is 0 Å². The second kappa shape index (κ2) is 8.38. The van der Waals surface area contributed by atoms with Crippen molar-refractivity contribution in [2.75, 3.05) is 12.9 Å². The second-order valence-corrected chi connectivity index (χ2v) is 10.1. The summed E-state index contributed by atoms with van der Waals surface area (Å²) < 4.78 is 15.0. The fourth-order valence-electron chi connectivity index (χ4n) is 4.06. The highest BCUT2D eigenvalue weighted by molar-refractivity contribution is 7.99. The standard InChI is InChI=1S/C23H24N4O3S2/c1-5-10-31-23-25-24-22-26(14-6-8-15(29-4)9-7-14)20(28)19-16-11-17(13(2)3)30-12-18(16)32-21(19)27(22)23/h5-9,13,17H,1,10-12H2,2-4H3. The van der Waals surface area contributed by atoms with Gasteiger partial charge in [0.05, 0.1) is 30.9 Å². The van der Waals surface area contributed by atoms with Crippen LogP contribution in [0, 0.1) is 5.92 Å². The molecule has 0 amide bonds. The van der Waals surface area contributed by atoms with E-state index in [1.807, 2.05) is 34.7 Å². The summed E-state index contributed by atoms with van der Waals surface area (Å²) in [5.41, 5.74) is 1.74. The molecule has 4 aromatic rings. The Hall–Kier alpha value is -2.62. The van der Waals surface area contributed by atoms with Gasteiger partial charge in [0.1, 0.15) is 10.6 Å². The van der Waals surface area contributed by atoms with E-state index in [0.29, 0.717) is 24.1 Å². The van der Waals surface area contributed by atoms with Crippen LogP contribution in [-0.2, 0) is 17.8 Å². The Kier molecular flexibility index (Phi) is 5.56. The van der Waals surface area contributed by atoms with Gasteiger partial charge in [0, 0.05) is 17.1 Å². The summed E-state index contributed by atoms with van der Waals surface area (Å²) in [5, 5.41) is 10.3. The topological polar surface area (TPSA) is 70.7 Å². The number of methoxy groups -OCH3 is 1. The Balaban J connectivity index is 1.83. The number of benzene rings is 1. The number of thiophene rings is 1. The molecule has 166 valence electrons. The Morgan fingerprint density at radius 2 is 2.12 bits per heavy atom. The number of hydrogen-bond acceptors (Lipinski definition) is 7. The van der Waals surface area contributed by atoms with E-state index in [1.165, 1.54) is 0 Å². The van der Waals surface area contributed by atoms with E-state index in [-0.39, 0.29) is 11.7 Å². The van der Waals surface area contributed by atoms with Gasteiger partial charge in [0.15, 0.2) is 5.16 Å². The van der Waals surface area contributed by atoms with Crippen LogP contribution >= 0.6 is 23.1 Å². The molecular weight excluding hydrogens is 444 g/mol. The number of ether oxygens (including phenoxy) is 2. The van der Waals surface area contributed by atoms with Gasteiger partial charge in [-0.15, -0.1) is 28.1 Å². The van der Waals surface area contributed by atoms with E-state index in [2.05, 4.69) is 30.6 Å². The second-order valence-electron chi connectivity index (χ2n) is 8.04. The highest BCUT2D eigenvalue weighted by Gasteiger charge is 2.30. The van der Waals surface area contributed by atoms with Crippen LogP contribution in [0.15, 0.2) is 46.9 Å². The Labute approximate surface area is 193 Å². The third kappa shape index (κ3) is 3.35. The van der Waals surface area contributed by atoms with E-state index in [0.717, 1.165) is 43.7 Å². The van der Waals surface area contributed by atoms with Gasteiger partial charge in [-0.1, -0.05) is 31.7 Å². The molecule has 0 radical (unpaired) electrons. The fraction of sp³-hybridized carbons (Fsp3) is 0.348. The quantitative estimate of drug-likeness (QED) is 0.307. The lowest BCUT2D eigenvalue weighted by Crippen LogP contribution is -2.28. The first-order valence-electron chi connectivity index (χ1n) is 10.5. The van der Waals surface area contributed by atoms with Gasteiger partial charge >= 0.3 is 0 Å². The summed E-state index contributed by atoms with van der Waals surface area (Å²) in [7, 11) is 1.62. The van der Waals surface area contributed by atoms with E-state index >= 15 is 0 Å². The van der Waals surface area contributed by atoms with Crippen LogP contribution in [0.3, 0.4) is 0 Å². The monoisotopic (exact) mass is 468 g/mol. The van der Waals surface area contributed by atoms with Gasteiger partial charge in [0.2, 0.25) is 5.78 Å². The molecule has 0 N–H and O–H groups in total. The molecule has 0 saturated carbocycles. The third-order valence-corrected chi connectivity index (χ3v) is 7.86. The third-order valence-electron chi connectivity index (χ3n) is 5.75. The van der Waals surface area contributed by atoms with Crippen LogP contribution in [0.5, 0.6) is 5.75 Å². The summed E-state index contributed by atoms with van der Waals surface area (Å²) in [6.07, 6.45) is 2.66. The van der Waals surface area contributed by atoms with Crippen molar-refractivity contribution >= 4 is 39.1 Å². The van der Waals surface area contributed by atoms with Crippen molar-refractivity contribution in [1.29, 1.82) is 0 Å². The lowest BCUT2D eigenvalue weighted by Gasteiger charge is -2.26. The molecule has 0 aliphatic carbocycles. The molecular formula is C23H24N4O3S2. The molecule has 9 heteroatoms. The van der Waals surface area contributed by atoms with E-state index in [1.54, 1.807) is 34.8 Å². The fourth-order valence-corrected chi connectivity index (χ4v) is 6.02. The number of hydrogen-bond donors (Lipinski definition) is 0. The van der Waals surface area contributed by atoms with Crippen molar-refractivity contribution in [2.45, 2.75) is 38.1 Å². The van der Waals surface area contributed by atoms with Crippen molar-refractivity contribution in [2.24, 2.45) is 5.92 Å². The van der Waals surface area contributed by atoms with Gasteiger partial charge in [-0.05, 0) is 35.7 Å². The van der Waals surface area contributed by atoms with Crippen LogP contribution < -0.4 is 10.3 Å². The maximum atomic E-state index is 13.9. The Bertz CT molecular complexity index is 1370. The van der Waals surface area contributed by atoms with Crippen molar-refractivity contribution in [3.8, 4) is 11.4 Å². The first-order chi connectivity index (χ1) is 15.5. The number of fused-ring (bicyclic) bond motifs is 5. The van der Waals surface area contributed by atoms with Crippen LogP contribution in [0.4, 0.5) is 0 Å². The van der Waals surface area contributed by atoms with Gasteiger partial charge in [-0.2, -0.15) is 0 Å². The summed E-state index contributed by atoms with van der Waals surface area (Å²) in [5.74, 6) is 2.30. The molecule has 1 aliphatic rings. The molecule has 1 atom stereocenters. The zero-order valence-corrected chi connectivity index (χ0v) is 19.8. The molecule has 5 rings (SSSR count). The van der Waals surface area contributed by atoms with E-state index < -0.39 is 0 Å². The first-order valence-corrected chi connectivity index (χ1v) is 12.3. The predicted octanol–water partition coefficient (Wildman–Crippen LogP) is 4.48. The molecule has 0 bridgehead atoms. The van der Waals surface area contributed by atoms with Gasteiger partial charge in [-0.25, -0.2) is 8.97 Å². The Morgan fingerprint density at radius 1 is 1.34 bits per heavy atom. The van der Waals surface area contributed by atoms with Crippen LogP contribution in [0.25, 0.3) is 21.7 Å². The van der Waals surface area contributed by atoms with Gasteiger partial charge < -0.3 is 9.47 Å². The molecule has 32 heavy (non-hydrogen) atoms. The van der Waals surface area contributed by atoms with Crippen LogP contribution in [0.1, 0.15) is 24.3 Å². The largest absolute Gasteiger partial charge is 0.497 e. The zero-order chi connectivity index (χ0) is 22.4. The molecule has 0 fully saturated rings. The van der Waals surface area contributed by atoms with Crippen molar-refractivity contribution in [3.05, 3.63) is 57.7 Å². The smallest absolute Gasteiger partial charge is 0.268 e. The lowest BCUT2D eigenvalue weighted by atomic mass is 9.96. The summed E-state index contributed by atoms with van der Waals surface area (Å²) in [6, 6.07) is 7.43. The number of thioether (sulfide) groups is 1. The molecule has 3 aromatic heterocycles. The number of rotatable bonds is 6. The normalized spacial score (nSPS) is 16.1. The number of nitrogens with zero attached hydrogens (tertiary/aromatic N) is 4. The van der Waals surface area contributed by atoms with Gasteiger partial charge in [-0.3, -0.25) is 4.79 Å². The van der Waals surface area contributed by atoms with Gasteiger partial charge in [0.25, 0.3) is 5.56 Å². The SMILES string of the molecule is C=CCSc1nnc2n(-c3ccc(OC)cc3)c(=O)c3c4c(sc3n12)COC(C(C)C)C4. The highest BCUT2D eigenvalue weighted by Crippen LogP contribution is 2.37. The van der Waals surface area contributed by atoms with Crippen molar-refractivity contribution in [1.82, 2.24) is 19.2 Å². The number of aromatic nitrogens is 4. The molecule has 0 spiro atoms. The summed E-state index contributed by atoms with van der Waals surface area (Å²) in [4.78, 5) is 15.9. The average molecular weight is 469 g/mol. The summed E-state index contributed by atoms with van der Waals surface area (Å²) >= 11 is 3.15. The maximum absolute atomic E-state index is 13.9. The van der Waals surface area contributed by atoms with E-state index in [9.17, 15) is 4.79 Å². The lowest BCUT2D eigenvalue weighted by molar-refractivity contribution is 0.00200. The minimum absolute atomic E-state index is 0.0766. The average Bonchev–Trinajstić information content (AvgIpc) is 3.39. The summed E-state index contributed by atoms with van der Waals surface area (Å²) in [6.45, 7) is 8.65. The first kappa shape index (κ1) is 21.2. The Morgan fingerprint density at radius 3 is 2.81 bits per heavy atom. The zero-order valence-electron chi connectivity index (χ0n) is 18.2. The van der Waals surface area contributed by atoms with Crippen LogP contribution in [0.2, 0.25) is 0 Å². The highest BCUT2D eigenvalue weighted by atomic mass is 32.2. The minimum atomic E-state index is -0.0766. The maximum Gasteiger partial charge on any atom is 0.268 e. The van der Waals surface area contributed by atoms with E-state index in [4.69, 9.17) is 9.47 Å². The molecule has 0 saturated heterocycles. The molecule has 1 aliphatic heterocycles. The van der Waals surface area contributed by atoms with Crippen molar-refractivity contribution < 1.29 is 9.47 Å². The molecule has 1 aromatic carbocycles.